The Morgan fingerprint density at radius 3 is 1.84 bits per heavy atom. The molecule has 14 N–H and O–H groups in total. The summed E-state index contributed by atoms with van der Waals surface area (Å²) in [5.74, 6) is -4.11. The van der Waals surface area contributed by atoms with Crippen molar-refractivity contribution < 1.29 is 32.0 Å². The molecule has 4 atom stereocenters. The Balaban J connectivity index is 1.94. The van der Waals surface area contributed by atoms with E-state index in [1.165, 1.54) is 36.4 Å². The largest absolute Gasteiger partial charge is 0.370 e. The summed E-state index contributed by atoms with van der Waals surface area (Å²) in [4.78, 5) is 61.8. The standard InChI is InChI=1S/C35H48FN11O6S2/c1-20(2)17-26(31(49)44-25(30(37)48)5-3-15-42-34(38)39)45-32(50)27(18-22-9-13-24(14-10-22)43-35(40)41)46-33(51)28(19-21-7-11-23(36)12-8-21)47-55(52,53)29-6-4-16-54-29/h4,6-14,16,20,25-28,47H,3,5,15,17-19H2,1-2H3,(H2,37,48)(H,44,49)(H,45,50)(H,46,51)(H4,38,39,42)(H4,40,41,43)/t25-,26-,27-,28-/m0/s1. The van der Waals surface area contributed by atoms with Gasteiger partial charge in [0, 0.05) is 13.0 Å². The van der Waals surface area contributed by atoms with Crippen molar-refractivity contribution in [2.24, 2.45) is 44.6 Å². The number of nitrogens with zero attached hydrogens (tertiary/aromatic N) is 2. The van der Waals surface area contributed by atoms with Crippen molar-refractivity contribution in [2.45, 2.75) is 74.3 Å². The number of carbonyl (C=O) groups excluding carboxylic acids is 4. The molecule has 0 radical (unpaired) electrons. The van der Waals surface area contributed by atoms with Gasteiger partial charge in [0.2, 0.25) is 23.6 Å². The van der Waals surface area contributed by atoms with Crippen molar-refractivity contribution in [3.63, 3.8) is 0 Å². The molecule has 3 aromatic rings. The highest BCUT2D eigenvalue weighted by atomic mass is 32.2. The first-order chi connectivity index (χ1) is 25.9. The molecule has 0 aliphatic rings. The molecular formula is C35H48FN11O6S2. The number of nitrogens with one attached hydrogen (secondary N) is 4. The van der Waals surface area contributed by atoms with Crippen molar-refractivity contribution in [2.75, 3.05) is 6.54 Å². The van der Waals surface area contributed by atoms with Gasteiger partial charge in [-0.3, -0.25) is 24.2 Å². The Morgan fingerprint density at radius 2 is 1.29 bits per heavy atom. The maximum Gasteiger partial charge on any atom is 0.250 e. The first-order valence-electron chi connectivity index (χ1n) is 17.2. The fourth-order valence-electron chi connectivity index (χ4n) is 5.32. The molecule has 0 aliphatic heterocycles. The minimum atomic E-state index is -4.20. The van der Waals surface area contributed by atoms with E-state index in [-0.39, 0.29) is 54.3 Å². The van der Waals surface area contributed by atoms with Crippen LogP contribution < -0.4 is 49.3 Å². The number of amides is 4. The summed E-state index contributed by atoms with van der Waals surface area (Å²) in [6, 6.07) is 9.40. The zero-order valence-electron chi connectivity index (χ0n) is 30.4. The van der Waals surface area contributed by atoms with Crippen LogP contribution in [0, 0.1) is 11.7 Å². The lowest BCUT2D eigenvalue weighted by Gasteiger charge is -2.27. The topological polar surface area (TPSA) is 305 Å². The third kappa shape index (κ3) is 15.0. The molecule has 20 heteroatoms. The molecule has 3 rings (SSSR count). The van der Waals surface area contributed by atoms with Gasteiger partial charge in [0.15, 0.2) is 11.9 Å². The average Bonchev–Trinajstić information content (AvgIpc) is 3.66. The van der Waals surface area contributed by atoms with Crippen LogP contribution in [0.4, 0.5) is 10.1 Å². The van der Waals surface area contributed by atoms with Crippen LogP contribution in [0.3, 0.4) is 0 Å². The van der Waals surface area contributed by atoms with Crippen LogP contribution in [-0.2, 0) is 42.0 Å². The summed E-state index contributed by atoms with van der Waals surface area (Å²) < 4.78 is 42.7. The van der Waals surface area contributed by atoms with Gasteiger partial charge in [0.05, 0.1) is 5.69 Å². The molecule has 2 aromatic carbocycles. The molecule has 0 fully saturated rings. The molecule has 0 saturated heterocycles. The maximum atomic E-state index is 14.1. The van der Waals surface area contributed by atoms with E-state index in [4.69, 9.17) is 28.7 Å². The molecule has 0 bridgehead atoms. The number of rotatable bonds is 21. The number of halogens is 1. The van der Waals surface area contributed by atoms with Gasteiger partial charge in [0.1, 0.15) is 34.2 Å². The maximum absolute atomic E-state index is 14.1. The molecule has 4 amide bonds. The number of carbonyl (C=O) groups is 4. The van der Waals surface area contributed by atoms with E-state index in [0.717, 1.165) is 11.3 Å². The van der Waals surface area contributed by atoms with Gasteiger partial charge in [-0.1, -0.05) is 44.2 Å². The molecule has 55 heavy (non-hydrogen) atoms. The van der Waals surface area contributed by atoms with Crippen LogP contribution in [0.2, 0.25) is 0 Å². The highest BCUT2D eigenvalue weighted by molar-refractivity contribution is 7.91. The lowest BCUT2D eigenvalue weighted by molar-refractivity contribution is -0.133. The fourth-order valence-corrected chi connectivity index (χ4v) is 7.52. The minimum absolute atomic E-state index is 0.0485. The van der Waals surface area contributed by atoms with Crippen LogP contribution >= 0.6 is 11.3 Å². The summed E-state index contributed by atoms with van der Waals surface area (Å²) in [7, 11) is -4.20. The van der Waals surface area contributed by atoms with E-state index in [9.17, 15) is 32.0 Å². The van der Waals surface area contributed by atoms with Gasteiger partial charge in [-0.05, 0) is 78.4 Å². The molecular weight excluding hydrogens is 754 g/mol. The molecule has 0 saturated carbocycles. The molecule has 298 valence electrons. The van der Waals surface area contributed by atoms with Crippen LogP contribution in [-0.4, -0.2) is 74.7 Å². The number of guanidine groups is 2. The van der Waals surface area contributed by atoms with Crippen LogP contribution in [0.1, 0.15) is 44.2 Å². The summed E-state index contributed by atoms with van der Waals surface area (Å²) in [6.45, 7) is 3.84. The number of sulfonamides is 1. The second-order valence-corrected chi connectivity index (χ2v) is 15.9. The van der Waals surface area contributed by atoms with E-state index >= 15 is 0 Å². The molecule has 1 heterocycles. The Bertz CT molecular complexity index is 1920. The van der Waals surface area contributed by atoms with E-state index in [1.54, 1.807) is 29.6 Å². The minimum Gasteiger partial charge on any atom is -0.370 e. The highest BCUT2D eigenvalue weighted by Gasteiger charge is 2.33. The van der Waals surface area contributed by atoms with Crippen molar-refractivity contribution in [1.82, 2.24) is 20.7 Å². The van der Waals surface area contributed by atoms with Crippen molar-refractivity contribution in [3.05, 3.63) is 83.0 Å². The number of hydrogen-bond acceptors (Lipinski definition) is 9. The smallest absolute Gasteiger partial charge is 0.250 e. The van der Waals surface area contributed by atoms with E-state index in [0.29, 0.717) is 23.2 Å². The number of benzene rings is 2. The first kappa shape index (κ1) is 43.8. The van der Waals surface area contributed by atoms with Gasteiger partial charge >= 0.3 is 0 Å². The van der Waals surface area contributed by atoms with Crippen molar-refractivity contribution in [1.29, 1.82) is 0 Å². The quantitative estimate of drug-likeness (QED) is 0.0393. The van der Waals surface area contributed by atoms with Crippen LogP contribution in [0.15, 0.2) is 80.2 Å². The summed E-state index contributed by atoms with van der Waals surface area (Å²) in [6.07, 6.45) is 0.252. The third-order valence-electron chi connectivity index (χ3n) is 7.94. The Labute approximate surface area is 322 Å². The fraction of sp³-hybridized carbons (Fsp3) is 0.371. The lowest BCUT2D eigenvalue weighted by atomic mass is 9.99. The van der Waals surface area contributed by atoms with Gasteiger partial charge in [-0.15, -0.1) is 11.3 Å². The van der Waals surface area contributed by atoms with Gasteiger partial charge in [0.25, 0.3) is 10.0 Å². The normalized spacial score (nSPS) is 13.5. The predicted octanol–water partition coefficient (Wildman–Crippen LogP) is -0.0362. The zero-order valence-corrected chi connectivity index (χ0v) is 32.0. The van der Waals surface area contributed by atoms with E-state index in [2.05, 4.69) is 30.7 Å². The Morgan fingerprint density at radius 1 is 0.745 bits per heavy atom. The molecule has 0 aliphatic carbocycles. The summed E-state index contributed by atoms with van der Waals surface area (Å²) in [5, 5.41) is 9.51. The summed E-state index contributed by atoms with van der Waals surface area (Å²) in [5.41, 5.74) is 28.6. The summed E-state index contributed by atoms with van der Waals surface area (Å²) >= 11 is 0.940. The molecule has 0 unspecified atom stereocenters. The first-order valence-corrected chi connectivity index (χ1v) is 19.5. The van der Waals surface area contributed by atoms with Gasteiger partial charge < -0.3 is 44.6 Å². The Kier molecular flexibility index (Phi) is 16.5. The number of primary amides is 1. The van der Waals surface area contributed by atoms with Gasteiger partial charge in [-0.2, -0.15) is 4.72 Å². The SMILES string of the molecule is CC(C)C[C@H](NC(=O)[C@H](Cc1ccc(N=C(N)N)cc1)NC(=O)[C@H](Cc1ccc(F)cc1)NS(=O)(=O)c1cccs1)C(=O)N[C@@H](CCCN=C(N)N)C(N)=O. The Hall–Kier alpha value is -5.60. The van der Waals surface area contributed by atoms with Crippen LogP contribution in [0.25, 0.3) is 0 Å². The molecule has 1 aromatic heterocycles. The van der Waals surface area contributed by atoms with E-state index < -0.39 is 63.6 Å². The molecule has 17 nitrogen and oxygen atoms in total. The monoisotopic (exact) mass is 801 g/mol. The molecule has 0 spiro atoms. The number of aliphatic imine (C=N–C) groups is 2. The zero-order chi connectivity index (χ0) is 40.7. The highest BCUT2D eigenvalue weighted by Crippen LogP contribution is 2.18. The predicted molar refractivity (Wildman–Crippen MR) is 209 cm³/mol. The second kappa shape index (κ2) is 20.7. The van der Waals surface area contributed by atoms with Crippen molar-refractivity contribution >= 4 is 62.6 Å². The van der Waals surface area contributed by atoms with Crippen LogP contribution in [0.5, 0.6) is 0 Å². The van der Waals surface area contributed by atoms with Gasteiger partial charge in [-0.25, -0.2) is 17.8 Å². The third-order valence-corrected chi connectivity index (χ3v) is 10.8. The van der Waals surface area contributed by atoms with E-state index in [1.807, 2.05) is 13.8 Å². The lowest BCUT2D eigenvalue weighted by Crippen LogP contribution is -2.59. The number of nitrogens with two attached hydrogens (primary N) is 5. The number of hydrogen-bond donors (Lipinski definition) is 9. The second-order valence-electron chi connectivity index (χ2n) is 13.0. The number of thiophene rings is 1. The average molecular weight is 802 g/mol. The van der Waals surface area contributed by atoms with Crippen molar-refractivity contribution in [3.8, 4) is 0 Å².